The molecule has 3 nitrogen and oxygen atoms in total. The van der Waals surface area contributed by atoms with Crippen molar-refractivity contribution in [2.45, 2.75) is 38.3 Å². The molecule has 0 aromatic heterocycles. The zero-order valence-electron chi connectivity index (χ0n) is 12.6. The fourth-order valence-electron chi connectivity index (χ4n) is 3.83. The molecule has 2 aliphatic heterocycles. The summed E-state index contributed by atoms with van der Waals surface area (Å²) in [6, 6.07) is 9.46. The van der Waals surface area contributed by atoms with E-state index in [0.717, 1.165) is 12.6 Å². The van der Waals surface area contributed by atoms with Gasteiger partial charge in [0.25, 0.3) is 0 Å². The normalized spacial score (nSPS) is 26.2. The summed E-state index contributed by atoms with van der Waals surface area (Å²) < 4.78 is 0. The van der Waals surface area contributed by atoms with Gasteiger partial charge in [0.1, 0.15) is 0 Å². The summed E-state index contributed by atoms with van der Waals surface area (Å²) in [5.41, 5.74) is 9.08. The average Bonchev–Trinajstić information content (AvgIpc) is 2.78. The van der Waals surface area contributed by atoms with Gasteiger partial charge in [-0.15, -0.1) is 0 Å². The van der Waals surface area contributed by atoms with Crippen LogP contribution in [-0.2, 0) is 0 Å². The van der Waals surface area contributed by atoms with Crippen LogP contribution < -0.4 is 5.73 Å². The van der Waals surface area contributed by atoms with Gasteiger partial charge >= 0.3 is 0 Å². The Bertz CT molecular complexity index is 446. The lowest BCUT2D eigenvalue weighted by Crippen LogP contribution is -2.39. The summed E-state index contributed by atoms with van der Waals surface area (Å²) in [7, 11) is 0. The molecule has 2 heterocycles. The molecule has 0 saturated carbocycles. The van der Waals surface area contributed by atoms with Crippen molar-refractivity contribution in [2.75, 3.05) is 32.7 Å². The van der Waals surface area contributed by atoms with Gasteiger partial charge in [-0.05, 0) is 56.9 Å². The van der Waals surface area contributed by atoms with E-state index in [0.29, 0.717) is 0 Å². The lowest BCUT2D eigenvalue weighted by Gasteiger charge is -2.28. The highest BCUT2D eigenvalue weighted by atomic mass is 15.3. The van der Waals surface area contributed by atoms with Gasteiger partial charge < -0.3 is 5.73 Å². The number of hydrogen-bond donors (Lipinski definition) is 1. The Labute approximate surface area is 122 Å². The predicted molar refractivity (Wildman–Crippen MR) is 83.8 cm³/mol. The van der Waals surface area contributed by atoms with Crippen LogP contribution in [0.25, 0.3) is 0 Å². The minimum atomic E-state index is 0.143. The number of nitrogens with zero attached hydrogens (tertiary/aromatic N) is 2. The molecule has 0 radical (unpaired) electrons. The second-order valence-corrected chi connectivity index (χ2v) is 6.41. The molecule has 2 fully saturated rings. The Morgan fingerprint density at radius 1 is 1.20 bits per heavy atom. The predicted octanol–water partition coefficient (Wildman–Crippen LogP) is 2.16. The minimum absolute atomic E-state index is 0.143. The molecule has 0 aliphatic carbocycles. The molecule has 0 spiro atoms. The van der Waals surface area contributed by atoms with E-state index in [2.05, 4.69) is 41.0 Å². The Hall–Kier alpha value is -0.900. The van der Waals surface area contributed by atoms with Gasteiger partial charge in [0.05, 0.1) is 0 Å². The van der Waals surface area contributed by atoms with E-state index in [-0.39, 0.29) is 6.04 Å². The Morgan fingerprint density at radius 3 is 2.85 bits per heavy atom. The summed E-state index contributed by atoms with van der Waals surface area (Å²) in [6.07, 6.45) is 4.04. The summed E-state index contributed by atoms with van der Waals surface area (Å²) in [5, 5.41) is 0. The van der Waals surface area contributed by atoms with Crippen LogP contribution in [0.1, 0.15) is 36.4 Å². The van der Waals surface area contributed by atoms with Crippen LogP contribution in [-0.4, -0.2) is 48.6 Å². The maximum absolute atomic E-state index is 6.46. The molecule has 3 heteroatoms. The Morgan fingerprint density at radius 2 is 2.00 bits per heavy atom. The van der Waals surface area contributed by atoms with Crippen LogP contribution in [0.3, 0.4) is 0 Å². The van der Waals surface area contributed by atoms with E-state index in [9.17, 15) is 0 Å². The summed E-state index contributed by atoms with van der Waals surface area (Å²) in [5.74, 6) is 0. The van der Waals surface area contributed by atoms with Gasteiger partial charge in [0.15, 0.2) is 0 Å². The first-order valence-electron chi connectivity index (χ1n) is 8.01. The Kier molecular flexibility index (Phi) is 4.39. The van der Waals surface area contributed by atoms with Crippen molar-refractivity contribution < 1.29 is 0 Å². The van der Waals surface area contributed by atoms with Crippen molar-refractivity contribution in [2.24, 2.45) is 5.73 Å². The number of hydrogen-bond acceptors (Lipinski definition) is 3. The third kappa shape index (κ3) is 3.05. The van der Waals surface area contributed by atoms with E-state index in [1.165, 1.54) is 56.6 Å². The van der Waals surface area contributed by atoms with E-state index >= 15 is 0 Å². The minimum Gasteiger partial charge on any atom is -0.323 e. The van der Waals surface area contributed by atoms with Crippen LogP contribution in [0.5, 0.6) is 0 Å². The van der Waals surface area contributed by atoms with Gasteiger partial charge in [-0.3, -0.25) is 9.80 Å². The van der Waals surface area contributed by atoms with E-state index in [4.69, 9.17) is 5.73 Å². The van der Waals surface area contributed by atoms with Gasteiger partial charge in [-0.1, -0.05) is 24.3 Å². The fourth-order valence-corrected chi connectivity index (χ4v) is 3.83. The summed E-state index contributed by atoms with van der Waals surface area (Å²) >= 11 is 0. The summed E-state index contributed by atoms with van der Waals surface area (Å²) in [4.78, 5) is 5.27. The number of benzene rings is 1. The Balaban J connectivity index is 1.63. The highest BCUT2D eigenvalue weighted by molar-refractivity contribution is 5.28. The highest BCUT2D eigenvalue weighted by Crippen LogP contribution is 2.23. The third-order valence-corrected chi connectivity index (χ3v) is 4.93. The number of aryl methyl sites for hydroxylation is 1. The molecule has 1 aromatic carbocycles. The van der Waals surface area contributed by atoms with Crippen molar-refractivity contribution >= 4 is 0 Å². The average molecular weight is 273 g/mol. The fraction of sp³-hybridized carbons (Fsp3) is 0.647. The molecule has 2 aliphatic rings. The lowest BCUT2D eigenvalue weighted by molar-refractivity contribution is 0.213. The van der Waals surface area contributed by atoms with Gasteiger partial charge in [0, 0.05) is 25.2 Å². The molecule has 2 atom stereocenters. The van der Waals surface area contributed by atoms with Crippen molar-refractivity contribution in [1.29, 1.82) is 0 Å². The standard InChI is InChI=1S/C17H27N3/c1-14-6-2-3-8-16(14)17(18)13-19-9-5-11-20-10-4-7-15(20)12-19/h2-3,6,8,15,17H,4-5,7,9-13,18H2,1H3. The molecule has 3 rings (SSSR count). The number of nitrogens with two attached hydrogens (primary N) is 1. The zero-order chi connectivity index (χ0) is 13.9. The van der Waals surface area contributed by atoms with Gasteiger partial charge in [-0.25, -0.2) is 0 Å². The molecule has 2 unspecified atom stereocenters. The van der Waals surface area contributed by atoms with Crippen molar-refractivity contribution in [3.05, 3.63) is 35.4 Å². The monoisotopic (exact) mass is 273 g/mol. The zero-order valence-corrected chi connectivity index (χ0v) is 12.6. The molecule has 110 valence electrons. The van der Waals surface area contributed by atoms with Gasteiger partial charge in [0.2, 0.25) is 0 Å². The van der Waals surface area contributed by atoms with Crippen LogP contribution in [0.4, 0.5) is 0 Å². The smallest absolute Gasteiger partial charge is 0.0426 e. The largest absolute Gasteiger partial charge is 0.323 e. The maximum Gasteiger partial charge on any atom is 0.0426 e. The van der Waals surface area contributed by atoms with Gasteiger partial charge in [-0.2, -0.15) is 0 Å². The van der Waals surface area contributed by atoms with E-state index < -0.39 is 0 Å². The highest BCUT2D eigenvalue weighted by Gasteiger charge is 2.29. The molecular formula is C17H27N3. The summed E-state index contributed by atoms with van der Waals surface area (Å²) in [6.45, 7) is 8.15. The third-order valence-electron chi connectivity index (χ3n) is 4.93. The first kappa shape index (κ1) is 14.1. The maximum atomic E-state index is 6.46. The molecule has 2 saturated heterocycles. The second kappa shape index (κ2) is 6.25. The second-order valence-electron chi connectivity index (χ2n) is 6.41. The number of fused-ring (bicyclic) bond motifs is 1. The quantitative estimate of drug-likeness (QED) is 0.916. The van der Waals surface area contributed by atoms with E-state index in [1.54, 1.807) is 0 Å². The van der Waals surface area contributed by atoms with Crippen molar-refractivity contribution in [3.8, 4) is 0 Å². The van der Waals surface area contributed by atoms with Crippen LogP contribution in [0.2, 0.25) is 0 Å². The first-order chi connectivity index (χ1) is 9.74. The molecule has 0 bridgehead atoms. The van der Waals surface area contributed by atoms with Crippen molar-refractivity contribution in [3.63, 3.8) is 0 Å². The number of rotatable bonds is 3. The molecular weight excluding hydrogens is 246 g/mol. The molecule has 0 amide bonds. The lowest BCUT2D eigenvalue weighted by atomic mass is 10.0. The van der Waals surface area contributed by atoms with E-state index in [1.807, 2.05) is 0 Å². The molecule has 1 aromatic rings. The molecule has 20 heavy (non-hydrogen) atoms. The van der Waals surface area contributed by atoms with Crippen molar-refractivity contribution in [1.82, 2.24) is 9.80 Å². The SMILES string of the molecule is Cc1ccccc1C(N)CN1CCCN2CCCC2C1. The molecule has 2 N–H and O–H groups in total. The topological polar surface area (TPSA) is 32.5 Å². The van der Waals surface area contributed by atoms with Crippen LogP contribution >= 0.6 is 0 Å². The van der Waals surface area contributed by atoms with Crippen LogP contribution in [0.15, 0.2) is 24.3 Å². The first-order valence-corrected chi connectivity index (χ1v) is 8.01. The van der Waals surface area contributed by atoms with Crippen LogP contribution in [0, 0.1) is 6.92 Å².